The Balaban J connectivity index is 1.93. The molecule has 4 heteroatoms. The summed E-state index contributed by atoms with van der Waals surface area (Å²) < 4.78 is 5.30. The van der Waals surface area contributed by atoms with E-state index >= 15 is 0 Å². The molecule has 0 bridgehead atoms. The molecule has 0 amide bonds. The molecule has 0 aliphatic heterocycles. The van der Waals surface area contributed by atoms with Crippen LogP contribution in [0.15, 0.2) is 29.0 Å². The standard InChI is InChI=1S/C15H19N3O/c1-15(2,9-16)10-18(3)7-6-12-4-5-13-14(8-12)19-11-17-13/h4-5,8,11H,6-7,10H2,1-3H3. The fourth-order valence-electron chi connectivity index (χ4n) is 2.16. The maximum Gasteiger partial charge on any atom is 0.181 e. The summed E-state index contributed by atoms with van der Waals surface area (Å²) in [4.78, 5) is 6.29. The highest BCUT2D eigenvalue weighted by Gasteiger charge is 2.18. The van der Waals surface area contributed by atoms with Crippen LogP contribution >= 0.6 is 0 Å². The van der Waals surface area contributed by atoms with E-state index in [2.05, 4.69) is 22.0 Å². The Bertz CT molecular complexity index is 595. The molecular formula is C15H19N3O. The van der Waals surface area contributed by atoms with Gasteiger partial charge in [-0.2, -0.15) is 5.26 Å². The molecule has 2 rings (SSSR count). The van der Waals surface area contributed by atoms with E-state index in [1.807, 2.05) is 33.0 Å². The first kappa shape index (κ1) is 13.6. The first-order chi connectivity index (χ1) is 9.00. The van der Waals surface area contributed by atoms with Gasteiger partial charge in [-0.1, -0.05) is 6.07 Å². The van der Waals surface area contributed by atoms with E-state index in [0.29, 0.717) is 0 Å². The highest BCUT2D eigenvalue weighted by molar-refractivity contribution is 5.72. The minimum Gasteiger partial charge on any atom is -0.443 e. The first-order valence-corrected chi connectivity index (χ1v) is 6.42. The average molecular weight is 257 g/mol. The molecule has 0 aliphatic rings. The zero-order chi connectivity index (χ0) is 13.9. The molecule has 1 heterocycles. The number of rotatable bonds is 5. The molecule has 0 radical (unpaired) electrons. The largest absolute Gasteiger partial charge is 0.443 e. The van der Waals surface area contributed by atoms with Gasteiger partial charge >= 0.3 is 0 Å². The molecule has 0 N–H and O–H groups in total. The summed E-state index contributed by atoms with van der Waals surface area (Å²) in [6.45, 7) is 5.62. The highest BCUT2D eigenvalue weighted by Crippen LogP contribution is 2.16. The van der Waals surface area contributed by atoms with E-state index in [0.717, 1.165) is 30.6 Å². The molecule has 19 heavy (non-hydrogen) atoms. The predicted octanol–water partition coefficient (Wildman–Crippen LogP) is 2.85. The fourth-order valence-corrected chi connectivity index (χ4v) is 2.16. The lowest BCUT2D eigenvalue weighted by Gasteiger charge is -2.24. The van der Waals surface area contributed by atoms with Gasteiger partial charge in [-0.25, -0.2) is 4.98 Å². The van der Waals surface area contributed by atoms with Crippen LogP contribution in [0, 0.1) is 16.7 Å². The summed E-state index contributed by atoms with van der Waals surface area (Å²) in [5.74, 6) is 0. The van der Waals surface area contributed by atoms with Crippen molar-refractivity contribution in [3.63, 3.8) is 0 Å². The van der Waals surface area contributed by atoms with E-state index in [-0.39, 0.29) is 5.41 Å². The van der Waals surface area contributed by atoms with Crippen molar-refractivity contribution in [1.29, 1.82) is 5.26 Å². The number of fused-ring (bicyclic) bond motifs is 1. The molecule has 1 aromatic carbocycles. The lowest BCUT2D eigenvalue weighted by molar-refractivity contribution is 0.258. The molecule has 0 atom stereocenters. The SMILES string of the molecule is CN(CCc1ccc2ncoc2c1)CC(C)(C)C#N. The number of oxazole rings is 1. The number of nitrogens with zero attached hydrogens (tertiary/aromatic N) is 3. The van der Waals surface area contributed by atoms with Crippen LogP contribution in [0.1, 0.15) is 19.4 Å². The Labute approximate surface area is 113 Å². The van der Waals surface area contributed by atoms with E-state index in [1.165, 1.54) is 12.0 Å². The Morgan fingerprint density at radius 3 is 2.95 bits per heavy atom. The third-order valence-electron chi connectivity index (χ3n) is 3.15. The number of nitriles is 1. The van der Waals surface area contributed by atoms with Crippen molar-refractivity contribution in [2.45, 2.75) is 20.3 Å². The lowest BCUT2D eigenvalue weighted by atomic mass is 9.95. The van der Waals surface area contributed by atoms with Gasteiger partial charge in [-0.15, -0.1) is 0 Å². The minimum absolute atomic E-state index is 0.302. The maximum atomic E-state index is 9.03. The van der Waals surface area contributed by atoms with Crippen LogP contribution in [-0.4, -0.2) is 30.0 Å². The van der Waals surface area contributed by atoms with Crippen molar-refractivity contribution in [2.24, 2.45) is 5.41 Å². The summed E-state index contributed by atoms with van der Waals surface area (Å²) in [5, 5.41) is 9.03. The van der Waals surface area contributed by atoms with Gasteiger partial charge in [0.15, 0.2) is 12.0 Å². The topological polar surface area (TPSA) is 53.1 Å². The van der Waals surface area contributed by atoms with Crippen molar-refractivity contribution in [1.82, 2.24) is 9.88 Å². The summed E-state index contributed by atoms with van der Waals surface area (Å²) in [6.07, 6.45) is 2.41. The van der Waals surface area contributed by atoms with Crippen LogP contribution in [0.4, 0.5) is 0 Å². The monoisotopic (exact) mass is 257 g/mol. The smallest absolute Gasteiger partial charge is 0.181 e. The maximum absolute atomic E-state index is 9.03. The number of aromatic nitrogens is 1. The Morgan fingerprint density at radius 2 is 2.21 bits per heavy atom. The van der Waals surface area contributed by atoms with Gasteiger partial charge in [0.25, 0.3) is 0 Å². The van der Waals surface area contributed by atoms with Crippen molar-refractivity contribution < 1.29 is 4.42 Å². The van der Waals surface area contributed by atoms with Crippen molar-refractivity contribution >= 4 is 11.1 Å². The van der Waals surface area contributed by atoms with Gasteiger partial charge in [-0.3, -0.25) is 0 Å². The van der Waals surface area contributed by atoms with Crippen LogP contribution in [0.3, 0.4) is 0 Å². The second-order valence-electron chi connectivity index (χ2n) is 5.64. The summed E-state index contributed by atoms with van der Waals surface area (Å²) in [7, 11) is 2.05. The molecule has 4 nitrogen and oxygen atoms in total. The highest BCUT2D eigenvalue weighted by atomic mass is 16.3. The van der Waals surface area contributed by atoms with E-state index in [9.17, 15) is 0 Å². The van der Waals surface area contributed by atoms with E-state index in [4.69, 9.17) is 9.68 Å². The van der Waals surface area contributed by atoms with Gasteiger partial charge in [0.05, 0.1) is 11.5 Å². The normalized spacial score (nSPS) is 11.9. The average Bonchev–Trinajstić information content (AvgIpc) is 2.83. The Kier molecular flexibility index (Phi) is 3.87. The van der Waals surface area contributed by atoms with E-state index < -0.39 is 0 Å². The zero-order valence-electron chi connectivity index (χ0n) is 11.7. The van der Waals surface area contributed by atoms with Crippen molar-refractivity contribution in [3.05, 3.63) is 30.2 Å². The molecule has 1 aromatic heterocycles. The van der Waals surface area contributed by atoms with Crippen LogP contribution in [0.5, 0.6) is 0 Å². The quantitative estimate of drug-likeness (QED) is 0.826. The van der Waals surface area contributed by atoms with Gasteiger partial charge in [-0.05, 0) is 45.0 Å². The first-order valence-electron chi connectivity index (χ1n) is 6.42. The third-order valence-corrected chi connectivity index (χ3v) is 3.15. The summed E-state index contributed by atoms with van der Waals surface area (Å²) in [6, 6.07) is 8.42. The van der Waals surface area contributed by atoms with Gasteiger partial charge in [0.1, 0.15) is 5.52 Å². The second-order valence-corrected chi connectivity index (χ2v) is 5.64. The molecule has 0 fully saturated rings. The molecule has 0 spiro atoms. The van der Waals surface area contributed by atoms with Crippen molar-refractivity contribution in [2.75, 3.05) is 20.1 Å². The van der Waals surface area contributed by atoms with Gasteiger partial charge in [0.2, 0.25) is 0 Å². The van der Waals surface area contributed by atoms with Crippen LogP contribution in [0.25, 0.3) is 11.1 Å². The molecular weight excluding hydrogens is 238 g/mol. The van der Waals surface area contributed by atoms with Crippen LogP contribution in [0.2, 0.25) is 0 Å². The summed E-state index contributed by atoms with van der Waals surface area (Å²) in [5.41, 5.74) is 2.65. The van der Waals surface area contributed by atoms with E-state index in [1.54, 1.807) is 0 Å². The molecule has 2 aromatic rings. The molecule has 0 saturated carbocycles. The zero-order valence-corrected chi connectivity index (χ0v) is 11.7. The number of likely N-dealkylation sites (N-methyl/N-ethyl adjacent to an activating group) is 1. The van der Waals surface area contributed by atoms with Crippen molar-refractivity contribution in [3.8, 4) is 6.07 Å². The number of hydrogen-bond donors (Lipinski definition) is 0. The third kappa shape index (κ3) is 3.55. The lowest BCUT2D eigenvalue weighted by Crippen LogP contribution is -2.31. The minimum atomic E-state index is -0.302. The molecule has 0 unspecified atom stereocenters. The van der Waals surface area contributed by atoms with Gasteiger partial charge in [0, 0.05) is 13.1 Å². The molecule has 0 saturated heterocycles. The van der Waals surface area contributed by atoms with Crippen LogP contribution < -0.4 is 0 Å². The fraction of sp³-hybridized carbons (Fsp3) is 0.467. The Hall–Kier alpha value is -1.86. The number of hydrogen-bond acceptors (Lipinski definition) is 4. The Morgan fingerprint density at radius 1 is 1.42 bits per heavy atom. The molecule has 0 aliphatic carbocycles. The second kappa shape index (κ2) is 5.41. The predicted molar refractivity (Wildman–Crippen MR) is 74.6 cm³/mol. The van der Waals surface area contributed by atoms with Crippen LogP contribution in [-0.2, 0) is 6.42 Å². The number of benzene rings is 1. The summed E-state index contributed by atoms with van der Waals surface area (Å²) >= 11 is 0. The van der Waals surface area contributed by atoms with Gasteiger partial charge < -0.3 is 9.32 Å². The molecule has 100 valence electrons.